The lowest BCUT2D eigenvalue weighted by Gasteiger charge is -2.21. The molecule has 0 radical (unpaired) electrons. The number of anilines is 1. The second-order valence-electron chi connectivity index (χ2n) is 4.68. The first kappa shape index (κ1) is 12.2. The van der Waals surface area contributed by atoms with Crippen LogP contribution in [0.25, 0.3) is 0 Å². The Morgan fingerprint density at radius 1 is 1.24 bits per heavy atom. The molecule has 0 unspecified atom stereocenters. The van der Waals surface area contributed by atoms with Crippen LogP contribution in [0.2, 0.25) is 0 Å². The van der Waals surface area contributed by atoms with Crippen molar-refractivity contribution >= 4 is 5.69 Å². The first-order valence-corrected chi connectivity index (χ1v) is 6.52. The van der Waals surface area contributed by atoms with Crippen molar-refractivity contribution in [2.45, 2.75) is 32.2 Å². The number of hydrogen-bond donors (Lipinski definition) is 1. The molecular formula is C14H22N2O. The fraction of sp³-hybridized carbons (Fsp3) is 0.571. The number of ether oxygens (including phenoxy) is 1. The Morgan fingerprint density at radius 3 is 2.53 bits per heavy atom. The van der Waals surface area contributed by atoms with Crippen molar-refractivity contribution in [2.24, 2.45) is 0 Å². The second kappa shape index (κ2) is 5.92. The predicted octanol–water partition coefficient (Wildman–Crippen LogP) is 2.52. The topological polar surface area (TPSA) is 38.5 Å². The van der Waals surface area contributed by atoms with Gasteiger partial charge in [0.2, 0.25) is 0 Å². The maximum atomic E-state index is 5.72. The Bertz CT molecular complexity index is 333. The number of rotatable bonds is 7. The van der Waals surface area contributed by atoms with Crippen LogP contribution >= 0.6 is 0 Å². The zero-order valence-electron chi connectivity index (χ0n) is 10.6. The van der Waals surface area contributed by atoms with Gasteiger partial charge in [0.15, 0.2) is 0 Å². The van der Waals surface area contributed by atoms with E-state index in [4.69, 9.17) is 10.5 Å². The summed E-state index contributed by atoms with van der Waals surface area (Å²) in [5.74, 6) is 0.909. The highest BCUT2D eigenvalue weighted by atomic mass is 16.5. The fourth-order valence-electron chi connectivity index (χ4n) is 2.05. The molecule has 1 aliphatic carbocycles. The predicted molar refractivity (Wildman–Crippen MR) is 71.2 cm³/mol. The highest BCUT2D eigenvalue weighted by Gasteiger charge is 2.27. The minimum Gasteiger partial charge on any atom is -0.492 e. The molecule has 3 nitrogen and oxygen atoms in total. The first-order chi connectivity index (χ1) is 8.29. The van der Waals surface area contributed by atoms with Gasteiger partial charge in [-0.1, -0.05) is 6.92 Å². The summed E-state index contributed by atoms with van der Waals surface area (Å²) in [5, 5.41) is 0. The van der Waals surface area contributed by atoms with Gasteiger partial charge in [0.05, 0.1) is 0 Å². The third-order valence-corrected chi connectivity index (χ3v) is 3.10. The van der Waals surface area contributed by atoms with Crippen molar-refractivity contribution in [3.63, 3.8) is 0 Å². The molecule has 2 rings (SSSR count). The number of hydrogen-bond acceptors (Lipinski definition) is 3. The van der Waals surface area contributed by atoms with E-state index >= 15 is 0 Å². The van der Waals surface area contributed by atoms with Gasteiger partial charge in [0, 0.05) is 18.3 Å². The number of nitrogen functional groups attached to an aromatic ring is 1. The third-order valence-electron chi connectivity index (χ3n) is 3.10. The van der Waals surface area contributed by atoms with E-state index in [1.807, 2.05) is 24.3 Å². The Morgan fingerprint density at radius 2 is 1.94 bits per heavy atom. The van der Waals surface area contributed by atoms with Gasteiger partial charge in [-0.2, -0.15) is 0 Å². The van der Waals surface area contributed by atoms with Crippen LogP contribution in [0.5, 0.6) is 5.75 Å². The lowest BCUT2D eigenvalue weighted by molar-refractivity contribution is 0.202. The monoisotopic (exact) mass is 234 g/mol. The minimum atomic E-state index is 0.764. The molecule has 1 aromatic carbocycles. The molecule has 2 N–H and O–H groups in total. The van der Waals surface area contributed by atoms with Gasteiger partial charge in [-0.05, 0) is 50.1 Å². The zero-order valence-corrected chi connectivity index (χ0v) is 10.6. The molecule has 0 bridgehead atoms. The van der Waals surface area contributed by atoms with Crippen molar-refractivity contribution in [3.8, 4) is 5.75 Å². The van der Waals surface area contributed by atoms with Crippen molar-refractivity contribution in [1.29, 1.82) is 0 Å². The van der Waals surface area contributed by atoms with Gasteiger partial charge in [0.25, 0.3) is 0 Å². The van der Waals surface area contributed by atoms with Crippen LogP contribution in [0.4, 0.5) is 5.69 Å². The molecule has 17 heavy (non-hydrogen) atoms. The van der Waals surface area contributed by atoms with E-state index in [1.165, 1.54) is 25.8 Å². The van der Waals surface area contributed by atoms with Gasteiger partial charge >= 0.3 is 0 Å². The quantitative estimate of drug-likeness (QED) is 0.737. The van der Waals surface area contributed by atoms with Crippen LogP contribution < -0.4 is 10.5 Å². The Kier molecular flexibility index (Phi) is 4.26. The third kappa shape index (κ3) is 3.93. The number of nitrogens with two attached hydrogens (primary N) is 1. The zero-order chi connectivity index (χ0) is 12.1. The van der Waals surface area contributed by atoms with E-state index in [9.17, 15) is 0 Å². The summed E-state index contributed by atoms with van der Waals surface area (Å²) in [4.78, 5) is 2.54. The summed E-state index contributed by atoms with van der Waals surface area (Å²) in [6.07, 6.45) is 3.95. The molecule has 0 atom stereocenters. The average molecular weight is 234 g/mol. The van der Waals surface area contributed by atoms with E-state index in [2.05, 4.69) is 11.8 Å². The lowest BCUT2D eigenvalue weighted by Crippen LogP contribution is -2.31. The van der Waals surface area contributed by atoms with E-state index in [1.54, 1.807) is 0 Å². The largest absolute Gasteiger partial charge is 0.492 e. The van der Waals surface area contributed by atoms with Gasteiger partial charge in [-0.3, -0.25) is 4.90 Å². The van der Waals surface area contributed by atoms with Crippen LogP contribution in [0.15, 0.2) is 24.3 Å². The molecule has 1 aromatic rings. The van der Waals surface area contributed by atoms with E-state index < -0.39 is 0 Å². The molecular weight excluding hydrogens is 212 g/mol. The second-order valence-corrected chi connectivity index (χ2v) is 4.68. The van der Waals surface area contributed by atoms with Crippen molar-refractivity contribution in [3.05, 3.63) is 24.3 Å². The molecule has 0 saturated heterocycles. The molecule has 1 aliphatic rings. The normalized spacial score (nSPS) is 15.2. The molecule has 0 spiro atoms. The Labute approximate surface area is 104 Å². The maximum Gasteiger partial charge on any atom is 0.119 e. The maximum absolute atomic E-state index is 5.72. The van der Waals surface area contributed by atoms with Gasteiger partial charge < -0.3 is 10.5 Å². The molecule has 0 aromatic heterocycles. The highest BCUT2D eigenvalue weighted by Crippen LogP contribution is 2.26. The summed E-state index contributed by atoms with van der Waals surface area (Å²) in [7, 11) is 0. The van der Waals surface area contributed by atoms with E-state index in [0.29, 0.717) is 0 Å². The Hall–Kier alpha value is -1.22. The van der Waals surface area contributed by atoms with Crippen molar-refractivity contribution in [1.82, 2.24) is 4.90 Å². The van der Waals surface area contributed by atoms with Gasteiger partial charge in [0.1, 0.15) is 12.4 Å². The van der Waals surface area contributed by atoms with Crippen LogP contribution in [0.3, 0.4) is 0 Å². The lowest BCUT2D eigenvalue weighted by atomic mass is 10.3. The SMILES string of the molecule is CCCN(CCOc1ccc(N)cc1)C1CC1. The smallest absolute Gasteiger partial charge is 0.119 e. The minimum absolute atomic E-state index is 0.764. The van der Waals surface area contributed by atoms with Crippen LogP contribution in [-0.4, -0.2) is 30.6 Å². The van der Waals surface area contributed by atoms with Crippen LogP contribution in [0.1, 0.15) is 26.2 Å². The highest BCUT2D eigenvalue weighted by molar-refractivity contribution is 5.41. The van der Waals surface area contributed by atoms with Crippen LogP contribution in [0, 0.1) is 0 Å². The molecule has 0 amide bonds. The fourth-order valence-corrected chi connectivity index (χ4v) is 2.05. The molecule has 1 saturated carbocycles. The molecule has 1 fully saturated rings. The van der Waals surface area contributed by atoms with E-state index in [-0.39, 0.29) is 0 Å². The first-order valence-electron chi connectivity index (χ1n) is 6.52. The molecule has 0 aliphatic heterocycles. The van der Waals surface area contributed by atoms with E-state index in [0.717, 1.165) is 30.6 Å². The summed E-state index contributed by atoms with van der Waals surface area (Å²) in [5.41, 5.74) is 6.41. The van der Waals surface area contributed by atoms with Crippen LogP contribution in [-0.2, 0) is 0 Å². The van der Waals surface area contributed by atoms with Gasteiger partial charge in [-0.15, -0.1) is 0 Å². The summed E-state index contributed by atoms with van der Waals surface area (Å²) in [6, 6.07) is 8.43. The van der Waals surface area contributed by atoms with Crippen molar-refractivity contribution in [2.75, 3.05) is 25.4 Å². The summed E-state index contributed by atoms with van der Waals surface area (Å²) >= 11 is 0. The summed E-state index contributed by atoms with van der Waals surface area (Å²) < 4.78 is 5.72. The number of nitrogens with zero attached hydrogens (tertiary/aromatic N) is 1. The molecule has 94 valence electrons. The average Bonchev–Trinajstić information content (AvgIpc) is 3.15. The van der Waals surface area contributed by atoms with Gasteiger partial charge in [-0.25, -0.2) is 0 Å². The summed E-state index contributed by atoms with van der Waals surface area (Å²) in [6.45, 7) is 5.22. The molecule has 0 heterocycles. The Balaban J connectivity index is 1.72. The standard InChI is InChI=1S/C14H22N2O/c1-2-9-16(13-5-6-13)10-11-17-14-7-3-12(15)4-8-14/h3-4,7-8,13H,2,5-6,9-11,15H2,1H3. The van der Waals surface area contributed by atoms with Crippen molar-refractivity contribution < 1.29 is 4.74 Å². The molecule has 3 heteroatoms. The number of benzene rings is 1.